The van der Waals surface area contributed by atoms with Crippen molar-refractivity contribution in [1.29, 1.82) is 0 Å². The summed E-state index contributed by atoms with van der Waals surface area (Å²) >= 11 is 0. The van der Waals surface area contributed by atoms with Gasteiger partial charge in [-0.05, 0) is 62.7 Å². The summed E-state index contributed by atoms with van der Waals surface area (Å²) in [7, 11) is -2.16. The first-order valence-corrected chi connectivity index (χ1v) is 12.6. The number of amides is 1. The first kappa shape index (κ1) is 22.0. The fraction of sp³-hybridized carbons (Fsp3) is 0.944. The van der Waals surface area contributed by atoms with E-state index < -0.39 is 26.2 Å². The van der Waals surface area contributed by atoms with Crippen LogP contribution in [-0.2, 0) is 9.16 Å². The molecular weight excluding hydrogens is 364 g/mol. The van der Waals surface area contributed by atoms with Crippen molar-refractivity contribution in [2.24, 2.45) is 11.0 Å². The molecule has 0 aromatic rings. The number of hydrogen-bond acceptors (Lipinski definition) is 4. The van der Waals surface area contributed by atoms with Gasteiger partial charge in [0.05, 0.1) is 18.8 Å². The van der Waals surface area contributed by atoms with Gasteiger partial charge in [0.2, 0.25) is 0 Å². The third-order valence-electron chi connectivity index (χ3n) is 6.25. The largest absolute Gasteiger partial charge is 0.465 e. The van der Waals surface area contributed by atoms with Crippen LogP contribution >= 0.6 is 0 Å². The number of hydrogen-bond donors (Lipinski definition) is 1. The van der Waals surface area contributed by atoms with E-state index in [9.17, 15) is 9.90 Å². The number of rotatable bonds is 7. The summed E-state index contributed by atoms with van der Waals surface area (Å²) in [5.41, 5.74) is 8.07. The van der Waals surface area contributed by atoms with Crippen LogP contribution in [0, 0.1) is 5.92 Å². The van der Waals surface area contributed by atoms with E-state index in [1.165, 1.54) is 4.90 Å². The van der Waals surface area contributed by atoms with Crippen LogP contribution < -0.4 is 0 Å². The lowest BCUT2D eigenvalue weighted by atomic mass is 9.99. The maximum Gasteiger partial charge on any atom is 0.409 e. The third kappa shape index (κ3) is 4.96. The maximum absolute atomic E-state index is 12.0. The van der Waals surface area contributed by atoms with Crippen molar-refractivity contribution in [3.8, 4) is 0 Å². The second kappa shape index (κ2) is 7.62. The van der Waals surface area contributed by atoms with E-state index in [-0.39, 0.29) is 23.8 Å². The summed E-state index contributed by atoms with van der Waals surface area (Å²) in [4.78, 5) is 16.4. The molecule has 1 heterocycles. The normalized spacial score (nSPS) is 25.0. The van der Waals surface area contributed by atoms with Gasteiger partial charge >= 0.3 is 6.09 Å². The van der Waals surface area contributed by atoms with Crippen LogP contribution in [0.15, 0.2) is 5.11 Å². The molecule has 1 amide bonds. The number of nitrogens with zero attached hydrogens (tertiary/aromatic N) is 4. The van der Waals surface area contributed by atoms with E-state index in [1.54, 1.807) is 13.8 Å². The van der Waals surface area contributed by atoms with Crippen molar-refractivity contribution in [2.75, 3.05) is 6.61 Å². The van der Waals surface area contributed by atoms with Gasteiger partial charge in [0.25, 0.3) is 0 Å². The molecule has 9 heteroatoms. The Morgan fingerprint density at radius 3 is 2.48 bits per heavy atom. The maximum atomic E-state index is 12.0. The standard InChI is InChI=1S/C18H34N4O4Si/c1-17(2,3)27(6,7)26-15(10-13(20-21-19)12-8-9-12)14-11-25-18(4,5)22(14)16(23)24/h12-15H,8-11H2,1-7H3,(H,23,24)/t13?,14-,15-/m1/s1. The highest BCUT2D eigenvalue weighted by molar-refractivity contribution is 6.74. The van der Waals surface area contributed by atoms with Crippen molar-refractivity contribution < 1.29 is 19.1 Å². The van der Waals surface area contributed by atoms with Gasteiger partial charge in [-0.1, -0.05) is 25.9 Å². The number of carbonyl (C=O) groups is 1. The van der Waals surface area contributed by atoms with Gasteiger partial charge in [-0.25, -0.2) is 4.79 Å². The zero-order valence-electron chi connectivity index (χ0n) is 17.6. The van der Waals surface area contributed by atoms with Crippen molar-refractivity contribution in [2.45, 2.75) is 95.9 Å². The van der Waals surface area contributed by atoms with E-state index >= 15 is 0 Å². The van der Waals surface area contributed by atoms with Gasteiger partial charge in [-0.3, -0.25) is 4.90 Å². The molecule has 1 N–H and O–H groups in total. The molecule has 2 rings (SSSR count). The van der Waals surface area contributed by atoms with E-state index in [1.807, 2.05) is 0 Å². The van der Waals surface area contributed by atoms with E-state index in [0.717, 1.165) is 12.8 Å². The molecule has 0 aromatic heterocycles. The molecule has 3 atom stereocenters. The lowest BCUT2D eigenvalue weighted by Gasteiger charge is -2.43. The smallest absolute Gasteiger partial charge is 0.409 e. The molecule has 0 radical (unpaired) electrons. The molecule has 1 saturated carbocycles. The first-order chi connectivity index (χ1) is 12.3. The highest BCUT2D eigenvalue weighted by Gasteiger charge is 2.51. The Hall–Kier alpha value is -1.28. The Morgan fingerprint density at radius 1 is 1.44 bits per heavy atom. The van der Waals surface area contributed by atoms with Gasteiger partial charge in [0.1, 0.15) is 5.72 Å². The zero-order chi connectivity index (χ0) is 20.6. The molecule has 0 bridgehead atoms. The number of ether oxygens (including phenoxy) is 1. The molecule has 154 valence electrons. The van der Waals surface area contributed by atoms with E-state index in [4.69, 9.17) is 14.7 Å². The lowest BCUT2D eigenvalue weighted by Crippen LogP contribution is -2.56. The Kier molecular flexibility index (Phi) is 6.21. The summed E-state index contributed by atoms with van der Waals surface area (Å²) in [6.07, 6.45) is 1.24. The quantitative estimate of drug-likeness (QED) is 0.282. The molecule has 2 fully saturated rings. The Bertz CT molecular complexity index is 609. The average Bonchev–Trinajstić information content (AvgIpc) is 3.28. The van der Waals surface area contributed by atoms with Crippen LogP contribution in [0.1, 0.15) is 53.9 Å². The van der Waals surface area contributed by atoms with Crippen molar-refractivity contribution in [3.63, 3.8) is 0 Å². The van der Waals surface area contributed by atoms with Crippen molar-refractivity contribution in [1.82, 2.24) is 4.90 Å². The minimum absolute atomic E-state index is 0.0120. The molecule has 27 heavy (non-hydrogen) atoms. The first-order valence-electron chi connectivity index (χ1n) is 9.68. The molecule has 1 unspecified atom stereocenters. The predicted molar refractivity (Wildman–Crippen MR) is 106 cm³/mol. The van der Waals surface area contributed by atoms with Crippen molar-refractivity contribution in [3.05, 3.63) is 10.4 Å². The van der Waals surface area contributed by atoms with Gasteiger partial charge in [0.15, 0.2) is 8.32 Å². The monoisotopic (exact) mass is 398 g/mol. The summed E-state index contributed by atoms with van der Waals surface area (Å²) in [6.45, 7) is 14.6. The topological polar surface area (TPSA) is 108 Å². The lowest BCUT2D eigenvalue weighted by molar-refractivity contribution is -0.0465. The molecule has 1 aliphatic heterocycles. The summed E-state index contributed by atoms with van der Waals surface area (Å²) in [6, 6.07) is -0.578. The van der Waals surface area contributed by atoms with Gasteiger partial charge < -0.3 is 14.3 Å². The molecule has 0 spiro atoms. The van der Waals surface area contributed by atoms with Gasteiger partial charge in [0, 0.05) is 11.0 Å². The Morgan fingerprint density at radius 2 is 2.04 bits per heavy atom. The highest BCUT2D eigenvalue weighted by Crippen LogP contribution is 2.42. The minimum atomic E-state index is -2.16. The number of carboxylic acid groups (broad SMARTS) is 1. The Balaban J connectivity index is 2.34. The summed E-state index contributed by atoms with van der Waals surface area (Å²) < 4.78 is 12.5. The molecular formula is C18H34N4O4Si. The summed E-state index contributed by atoms with van der Waals surface area (Å²) in [5.74, 6) is 0.375. The second-order valence-electron chi connectivity index (χ2n) is 9.74. The molecule has 1 aliphatic carbocycles. The van der Waals surface area contributed by atoms with Crippen LogP contribution in [-0.4, -0.2) is 54.9 Å². The SMILES string of the molecule is CC1(C)OC[C@H]([C@@H](CC(N=[N+]=[N-])C2CC2)O[Si](C)(C)C(C)(C)C)N1C(=O)O. The average molecular weight is 399 g/mol. The third-order valence-corrected chi connectivity index (χ3v) is 10.8. The number of azide groups is 1. The highest BCUT2D eigenvalue weighted by atomic mass is 28.4. The Labute approximate surface area is 163 Å². The van der Waals surface area contributed by atoms with Crippen LogP contribution in [0.2, 0.25) is 18.1 Å². The van der Waals surface area contributed by atoms with E-state index in [0.29, 0.717) is 12.3 Å². The van der Waals surface area contributed by atoms with E-state index in [2.05, 4.69) is 43.9 Å². The fourth-order valence-corrected chi connectivity index (χ4v) is 4.80. The molecule has 0 aromatic carbocycles. The zero-order valence-corrected chi connectivity index (χ0v) is 18.6. The fourth-order valence-electron chi connectivity index (χ4n) is 3.44. The summed E-state index contributed by atoms with van der Waals surface area (Å²) in [5, 5.41) is 13.8. The van der Waals surface area contributed by atoms with Crippen LogP contribution in [0.4, 0.5) is 4.79 Å². The predicted octanol–water partition coefficient (Wildman–Crippen LogP) is 4.97. The van der Waals surface area contributed by atoms with Crippen LogP contribution in [0.5, 0.6) is 0 Å². The molecule has 1 saturated heterocycles. The van der Waals surface area contributed by atoms with Gasteiger partial charge in [-0.2, -0.15) is 0 Å². The van der Waals surface area contributed by atoms with Gasteiger partial charge in [-0.15, -0.1) is 0 Å². The molecule has 2 aliphatic rings. The second-order valence-corrected chi connectivity index (χ2v) is 14.5. The minimum Gasteiger partial charge on any atom is -0.465 e. The van der Waals surface area contributed by atoms with Crippen LogP contribution in [0.3, 0.4) is 0 Å². The van der Waals surface area contributed by atoms with Crippen LogP contribution in [0.25, 0.3) is 10.4 Å². The molecule has 8 nitrogen and oxygen atoms in total. The van der Waals surface area contributed by atoms with Crippen molar-refractivity contribution >= 4 is 14.4 Å².